The van der Waals surface area contributed by atoms with E-state index in [4.69, 9.17) is 11.2 Å². The third kappa shape index (κ3) is 3.39. The standard InChI is InChI=1S/C15H17NO3.C6H4S/c1-4-15(11(2)17)10-16(14(15)18)9-12-5-7-13(19-3)8-6-12;1-2-6-4-3-5(1)7-6/h1,5-8,11,17H,9-10H2,2-3H3;1-4H/t11-,15+;/m1./s1. The van der Waals surface area contributed by atoms with Crippen molar-refractivity contribution in [1.82, 2.24) is 4.90 Å². The minimum absolute atomic E-state index is 0.180. The van der Waals surface area contributed by atoms with Gasteiger partial charge in [-0.05, 0) is 48.9 Å². The van der Waals surface area contributed by atoms with E-state index in [0.717, 1.165) is 11.3 Å². The minimum Gasteiger partial charge on any atom is -0.497 e. The van der Waals surface area contributed by atoms with Crippen molar-refractivity contribution in [3.8, 4) is 18.1 Å². The lowest BCUT2D eigenvalue weighted by atomic mass is 9.75. The number of benzene rings is 2. The van der Waals surface area contributed by atoms with E-state index in [-0.39, 0.29) is 5.91 Å². The van der Waals surface area contributed by atoms with Crippen molar-refractivity contribution in [2.75, 3.05) is 13.7 Å². The van der Waals surface area contributed by atoms with Gasteiger partial charge in [0.1, 0.15) is 5.75 Å². The summed E-state index contributed by atoms with van der Waals surface area (Å²) < 4.78 is 7.85. The second kappa shape index (κ2) is 7.36. The summed E-state index contributed by atoms with van der Waals surface area (Å²) in [7, 11) is 1.61. The highest BCUT2D eigenvalue weighted by Gasteiger charge is 2.54. The van der Waals surface area contributed by atoms with Gasteiger partial charge in [-0.25, -0.2) is 0 Å². The van der Waals surface area contributed by atoms with E-state index in [0.29, 0.717) is 13.1 Å². The fourth-order valence-corrected chi connectivity index (χ4v) is 3.78. The summed E-state index contributed by atoms with van der Waals surface area (Å²) >= 11 is 1.84. The van der Waals surface area contributed by atoms with Gasteiger partial charge in [-0.2, -0.15) is 0 Å². The summed E-state index contributed by atoms with van der Waals surface area (Å²) in [6, 6.07) is 16.1. The van der Waals surface area contributed by atoms with Gasteiger partial charge in [0.25, 0.3) is 0 Å². The molecule has 134 valence electrons. The number of rotatable bonds is 4. The van der Waals surface area contributed by atoms with E-state index in [1.807, 2.05) is 35.6 Å². The highest BCUT2D eigenvalue weighted by Crippen LogP contribution is 2.36. The highest BCUT2D eigenvalue weighted by atomic mass is 32.1. The molecule has 0 radical (unpaired) electrons. The number of aliphatic hydroxyl groups is 1. The summed E-state index contributed by atoms with van der Waals surface area (Å²) in [4.78, 5) is 13.7. The van der Waals surface area contributed by atoms with Crippen LogP contribution in [0.5, 0.6) is 5.75 Å². The number of amides is 1. The molecule has 4 rings (SSSR count). The number of aliphatic hydroxyl groups excluding tert-OH is 1. The molecule has 0 saturated carbocycles. The highest BCUT2D eigenvalue weighted by molar-refractivity contribution is 7.24. The maximum absolute atomic E-state index is 12.1. The second-order valence-electron chi connectivity index (χ2n) is 6.37. The van der Waals surface area contributed by atoms with Gasteiger partial charge in [0.2, 0.25) is 5.91 Å². The Kier molecular flexibility index (Phi) is 5.17. The lowest BCUT2D eigenvalue weighted by Crippen LogP contribution is -2.64. The maximum Gasteiger partial charge on any atom is 0.245 e. The Hall–Kier alpha value is -2.55. The Morgan fingerprint density at radius 2 is 1.81 bits per heavy atom. The van der Waals surface area contributed by atoms with E-state index >= 15 is 0 Å². The number of hydrogen-bond acceptors (Lipinski definition) is 4. The number of ether oxygens (including phenoxy) is 1. The van der Waals surface area contributed by atoms with Crippen molar-refractivity contribution in [3.05, 3.63) is 54.1 Å². The van der Waals surface area contributed by atoms with E-state index in [9.17, 15) is 9.90 Å². The molecule has 1 amide bonds. The molecule has 0 spiro atoms. The summed E-state index contributed by atoms with van der Waals surface area (Å²) in [5.41, 5.74) is -0.0303. The van der Waals surface area contributed by atoms with E-state index < -0.39 is 11.5 Å². The van der Waals surface area contributed by atoms with Crippen LogP contribution >= 0.6 is 11.3 Å². The Bertz CT molecular complexity index is 864. The summed E-state index contributed by atoms with van der Waals surface area (Å²) in [5.74, 6) is 3.04. The predicted octanol–water partition coefficient (Wildman–Crippen LogP) is 3.38. The second-order valence-corrected chi connectivity index (χ2v) is 7.52. The van der Waals surface area contributed by atoms with Crippen LogP contribution in [0.1, 0.15) is 12.5 Å². The molecular weight excluding hydrogens is 346 g/mol. The van der Waals surface area contributed by atoms with Gasteiger partial charge in [-0.3, -0.25) is 4.79 Å². The van der Waals surface area contributed by atoms with Crippen LogP contribution in [0.2, 0.25) is 0 Å². The van der Waals surface area contributed by atoms with Gasteiger partial charge in [-0.15, -0.1) is 17.8 Å². The smallest absolute Gasteiger partial charge is 0.245 e. The lowest BCUT2D eigenvalue weighted by molar-refractivity contribution is -0.163. The molecule has 3 aromatic rings. The zero-order valence-corrected chi connectivity index (χ0v) is 15.6. The maximum atomic E-state index is 12.1. The first-order chi connectivity index (χ1) is 12.5. The first-order valence-electron chi connectivity index (χ1n) is 8.34. The molecule has 5 heteroatoms. The van der Waals surface area contributed by atoms with Crippen LogP contribution in [0.25, 0.3) is 9.40 Å². The van der Waals surface area contributed by atoms with Crippen molar-refractivity contribution in [1.29, 1.82) is 0 Å². The molecule has 26 heavy (non-hydrogen) atoms. The Morgan fingerprint density at radius 3 is 2.15 bits per heavy atom. The Labute approximate surface area is 157 Å². The number of carbonyl (C=O) groups excluding carboxylic acids is 1. The number of hydrogen-bond donors (Lipinski definition) is 1. The van der Waals surface area contributed by atoms with E-state index in [1.165, 1.54) is 9.40 Å². The van der Waals surface area contributed by atoms with Crippen molar-refractivity contribution >= 4 is 26.6 Å². The Morgan fingerprint density at radius 1 is 1.23 bits per heavy atom. The van der Waals surface area contributed by atoms with Crippen LogP contribution in [0.4, 0.5) is 0 Å². The monoisotopic (exact) mass is 367 g/mol. The van der Waals surface area contributed by atoms with Crippen LogP contribution in [0.3, 0.4) is 0 Å². The molecule has 2 atom stereocenters. The van der Waals surface area contributed by atoms with Crippen LogP contribution in [-0.4, -0.2) is 35.7 Å². The topological polar surface area (TPSA) is 49.8 Å². The summed E-state index contributed by atoms with van der Waals surface area (Å²) in [6.45, 7) is 2.45. The number of carbonyl (C=O) groups is 1. The number of β-lactam (4-membered cyclic amide) rings is 1. The number of terminal acetylenes is 1. The lowest BCUT2D eigenvalue weighted by Gasteiger charge is -2.47. The van der Waals surface area contributed by atoms with Crippen molar-refractivity contribution < 1.29 is 14.6 Å². The number of thiophene rings is 2. The van der Waals surface area contributed by atoms with Gasteiger partial charge < -0.3 is 14.7 Å². The van der Waals surface area contributed by atoms with Gasteiger partial charge in [0.05, 0.1) is 13.2 Å². The molecule has 1 fully saturated rings. The molecule has 1 aromatic carbocycles. The first-order valence-corrected chi connectivity index (χ1v) is 9.16. The SMILES string of the molecule is C#C[C@@]1([C@@H](C)O)CN(Cc2ccc(OC)cc2)C1=O.c1cc2ccc1s2. The average molecular weight is 367 g/mol. The molecule has 2 aromatic heterocycles. The normalized spacial score (nSPS) is 20.1. The van der Waals surface area contributed by atoms with Gasteiger partial charge in [0.15, 0.2) is 5.41 Å². The van der Waals surface area contributed by atoms with Crippen LogP contribution in [0, 0.1) is 17.8 Å². The molecule has 1 N–H and O–H groups in total. The predicted molar refractivity (Wildman–Crippen MR) is 104 cm³/mol. The molecule has 0 aliphatic carbocycles. The molecule has 0 unspecified atom stereocenters. The zero-order valence-electron chi connectivity index (χ0n) is 14.8. The molecule has 4 nitrogen and oxygen atoms in total. The first kappa shape index (κ1) is 18.2. The van der Waals surface area contributed by atoms with Gasteiger partial charge in [-0.1, -0.05) is 18.1 Å². The number of methoxy groups -OCH3 is 1. The molecule has 1 aliphatic heterocycles. The molecule has 3 heterocycles. The third-order valence-corrected chi connectivity index (χ3v) is 5.69. The van der Waals surface area contributed by atoms with E-state index in [2.05, 4.69) is 30.2 Å². The number of nitrogens with zero attached hydrogens (tertiary/aromatic N) is 1. The minimum atomic E-state index is -1.04. The van der Waals surface area contributed by atoms with Gasteiger partial charge >= 0.3 is 0 Å². The fraction of sp³-hybridized carbons (Fsp3) is 0.286. The quantitative estimate of drug-likeness (QED) is 0.568. The van der Waals surface area contributed by atoms with E-state index in [1.54, 1.807) is 18.9 Å². The molecule has 1 aliphatic rings. The fourth-order valence-electron chi connectivity index (χ4n) is 2.96. The largest absolute Gasteiger partial charge is 0.497 e. The zero-order chi connectivity index (χ0) is 18.7. The van der Waals surface area contributed by atoms with Crippen LogP contribution in [-0.2, 0) is 11.3 Å². The van der Waals surface area contributed by atoms with Crippen molar-refractivity contribution in [2.45, 2.75) is 19.6 Å². The van der Waals surface area contributed by atoms with Crippen LogP contribution in [0.15, 0.2) is 48.5 Å². The number of likely N-dealkylation sites (tertiary alicyclic amines) is 1. The third-order valence-electron chi connectivity index (χ3n) is 4.67. The van der Waals surface area contributed by atoms with Crippen molar-refractivity contribution in [3.63, 3.8) is 0 Å². The van der Waals surface area contributed by atoms with Gasteiger partial charge in [0, 0.05) is 22.5 Å². The number of fused-ring (bicyclic) bond motifs is 2. The molecule has 2 bridgehead atoms. The molecular formula is C21H21NO3S. The van der Waals surface area contributed by atoms with Crippen molar-refractivity contribution in [2.24, 2.45) is 5.41 Å². The van der Waals surface area contributed by atoms with Crippen LogP contribution < -0.4 is 4.74 Å². The average Bonchev–Trinajstić information content (AvgIpc) is 3.31. The summed E-state index contributed by atoms with van der Waals surface area (Å²) in [5, 5.41) is 9.64. The summed E-state index contributed by atoms with van der Waals surface area (Å²) in [6.07, 6.45) is 4.56. The molecule has 1 saturated heterocycles. The Balaban J connectivity index is 0.000000229.